The number of halogens is 1. The van der Waals surface area contributed by atoms with Crippen LogP contribution in [0.4, 0.5) is 0 Å². The molecule has 0 unspecified atom stereocenters. The molecule has 3 rings (SSSR count). The highest BCUT2D eigenvalue weighted by atomic mass is 79.9. The number of hydrogen-bond acceptors (Lipinski definition) is 4. The fraction of sp³-hybridized carbons (Fsp3) is 0.364. The highest BCUT2D eigenvalue weighted by Crippen LogP contribution is 2.48. The number of hydrogen-bond donors (Lipinski definition) is 1. The minimum atomic E-state index is -0.0610. The van der Waals surface area contributed by atoms with Crippen molar-refractivity contribution in [1.82, 2.24) is 4.98 Å². The lowest BCUT2D eigenvalue weighted by Crippen LogP contribution is -2.18. The molecule has 0 radical (unpaired) electrons. The van der Waals surface area contributed by atoms with E-state index in [0.717, 1.165) is 28.0 Å². The summed E-state index contributed by atoms with van der Waals surface area (Å²) in [6.45, 7) is 2.06. The first-order valence-corrected chi connectivity index (χ1v) is 7.59. The van der Waals surface area contributed by atoms with Gasteiger partial charge < -0.3 is 5.73 Å². The highest BCUT2D eigenvalue weighted by molar-refractivity contribution is 9.10. The average molecular weight is 315 g/mol. The van der Waals surface area contributed by atoms with Crippen molar-refractivity contribution in [2.75, 3.05) is 0 Å². The first-order chi connectivity index (χ1) is 7.58. The number of thiophene rings is 1. The van der Waals surface area contributed by atoms with Crippen molar-refractivity contribution in [1.29, 1.82) is 0 Å². The van der Waals surface area contributed by atoms with Gasteiger partial charge in [0.25, 0.3) is 0 Å². The third-order valence-electron chi connectivity index (χ3n) is 2.82. The summed E-state index contributed by atoms with van der Waals surface area (Å²) in [4.78, 5) is 7.12. The molecule has 2 N–H and O–H groups in total. The molecule has 0 bridgehead atoms. The molecular weight excluding hydrogens is 304 g/mol. The van der Waals surface area contributed by atoms with E-state index < -0.39 is 0 Å². The Morgan fingerprint density at radius 2 is 2.25 bits per heavy atom. The second kappa shape index (κ2) is 3.63. The van der Waals surface area contributed by atoms with Gasteiger partial charge in [-0.05, 0) is 41.8 Å². The summed E-state index contributed by atoms with van der Waals surface area (Å²) < 4.78 is 1.12. The van der Waals surface area contributed by atoms with Crippen molar-refractivity contribution < 1.29 is 0 Å². The van der Waals surface area contributed by atoms with E-state index in [0.29, 0.717) is 0 Å². The van der Waals surface area contributed by atoms with Crippen LogP contribution in [0.25, 0.3) is 9.88 Å². The van der Waals surface area contributed by atoms with Crippen LogP contribution in [0.3, 0.4) is 0 Å². The number of rotatable bonds is 2. The molecule has 2 heterocycles. The summed E-state index contributed by atoms with van der Waals surface area (Å²) in [5.74, 6) is 0. The van der Waals surface area contributed by atoms with Crippen molar-refractivity contribution in [3.05, 3.63) is 26.5 Å². The van der Waals surface area contributed by atoms with E-state index in [1.54, 1.807) is 22.7 Å². The maximum Gasteiger partial charge on any atom is 0.133 e. The fourth-order valence-electron chi connectivity index (χ4n) is 1.75. The van der Waals surface area contributed by atoms with E-state index in [4.69, 9.17) is 5.73 Å². The molecule has 0 spiro atoms. The van der Waals surface area contributed by atoms with E-state index >= 15 is 0 Å². The van der Waals surface area contributed by atoms with Crippen LogP contribution >= 0.6 is 38.6 Å². The maximum absolute atomic E-state index is 6.23. The van der Waals surface area contributed by atoms with Crippen LogP contribution in [0.15, 0.2) is 15.9 Å². The van der Waals surface area contributed by atoms with Crippen LogP contribution in [-0.4, -0.2) is 4.98 Å². The number of thiazole rings is 1. The van der Waals surface area contributed by atoms with E-state index in [1.165, 1.54) is 9.75 Å². The van der Waals surface area contributed by atoms with Gasteiger partial charge in [-0.2, -0.15) is 0 Å². The number of aromatic nitrogens is 1. The molecular formula is C11H11BrN2S2. The van der Waals surface area contributed by atoms with Gasteiger partial charge >= 0.3 is 0 Å². The highest BCUT2D eigenvalue weighted by Gasteiger charge is 2.43. The largest absolute Gasteiger partial charge is 0.321 e. The molecule has 1 aliphatic rings. The zero-order chi connectivity index (χ0) is 11.3. The maximum atomic E-state index is 6.23. The number of aryl methyl sites for hydroxylation is 1. The monoisotopic (exact) mass is 314 g/mol. The lowest BCUT2D eigenvalue weighted by atomic mass is 10.2. The van der Waals surface area contributed by atoms with Crippen molar-refractivity contribution in [3.63, 3.8) is 0 Å². The molecule has 0 saturated heterocycles. The second-order valence-corrected chi connectivity index (χ2v) is 7.04. The summed E-state index contributed by atoms with van der Waals surface area (Å²) in [6.07, 6.45) is 2.20. The van der Waals surface area contributed by atoms with Gasteiger partial charge in [-0.15, -0.1) is 22.7 Å². The van der Waals surface area contributed by atoms with Gasteiger partial charge in [0.15, 0.2) is 0 Å². The van der Waals surface area contributed by atoms with Crippen molar-refractivity contribution >= 4 is 38.6 Å². The number of nitrogens with two attached hydrogens (primary N) is 1. The summed E-state index contributed by atoms with van der Waals surface area (Å²) in [7, 11) is 0. The smallest absolute Gasteiger partial charge is 0.133 e. The van der Waals surface area contributed by atoms with Gasteiger partial charge in [0.1, 0.15) is 5.01 Å². The minimum absolute atomic E-state index is 0.0610. The Morgan fingerprint density at radius 3 is 2.81 bits per heavy atom. The van der Waals surface area contributed by atoms with Gasteiger partial charge in [-0.1, -0.05) is 0 Å². The standard InChI is InChI=1S/C11H11BrN2S2/c1-6-9(11(13)2-3-11)16-10(14-6)8-4-7(12)5-15-8/h4-5H,2-3,13H2,1H3. The van der Waals surface area contributed by atoms with E-state index in [1.807, 2.05) is 0 Å². The molecule has 84 valence electrons. The first kappa shape index (κ1) is 10.9. The summed E-state index contributed by atoms with van der Waals surface area (Å²) in [6, 6.07) is 2.11. The van der Waals surface area contributed by atoms with Crippen LogP contribution in [0.2, 0.25) is 0 Å². The Bertz CT molecular complexity index is 540. The van der Waals surface area contributed by atoms with Crippen molar-refractivity contribution in [2.24, 2.45) is 5.73 Å². The zero-order valence-corrected chi connectivity index (χ0v) is 12.0. The van der Waals surface area contributed by atoms with E-state index in [2.05, 4.69) is 39.3 Å². The van der Waals surface area contributed by atoms with E-state index in [9.17, 15) is 0 Å². The third-order valence-corrected chi connectivity index (χ3v) is 6.05. The molecule has 16 heavy (non-hydrogen) atoms. The summed E-state index contributed by atoms with van der Waals surface area (Å²) in [5, 5.41) is 3.18. The second-order valence-electron chi connectivity index (χ2n) is 4.22. The molecule has 1 saturated carbocycles. The minimum Gasteiger partial charge on any atom is -0.321 e. The lowest BCUT2D eigenvalue weighted by molar-refractivity contribution is 0.748. The normalized spacial score (nSPS) is 17.7. The van der Waals surface area contributed by atoms with Crippen LogP contribution in [-0.2, 0) is 5.54 Å². The molecule has 0 aliphatic heterocycles. The number of nitrogens with zero attached hydrogens (tertiary/aromatic N) is 1. The van der Waals surface area contributed by atoms with Gasteiger partial charge in [0.05, 0.1) is 16.1 Å². The quantitative estimate of drug-likeness (QED) is 0.913. The van der Waals surface area contributed by atoms with Gasteiger partial charge in [0, 0.05) is 14.7 Å². The van der Waals surface area contributed by atoms with Crippen LogP contribution in [0, 0.1) is 6.92 Å². The predicted molar refractivity (Wildman–Crippen MR) is 73.0 cm³/mol. The molecule has 0 aromatic carbocycles. The Kier molecular flexibility index (Phi) is 2.47. The average Bonchev–Trinajstić information content (AvgIpc) is 2.68. The zero-order valence-electron chi connectivity index (χ0n) is 8.79. The van der Waals surface area contributed by atoms with Crippen LogP contribution in [0.5, 0.6) is 0 Å². The van der Waals surface area contributed by atoms with Crippen molar-refractivity contribution in [3.8, 4) is 9.88 Å². The van der Waals surface area contributed by atoms with Gasteiger partial charge in [0.2, 0.25) is 0 Å². The third kappa shape index (κ3) is 1.76. The first-order valence-electron chi connectivity index (χ1n) is 5.10. The van der Waals surface area contributed by atoms with Crippen LogP contribution < -0.4 is 5.73 Å². The summed E-state index contributed by atoms with van der Waals surface area (Å²) >= 11 is 6.93. The van der Waals surface area contributed by atoms with Crippen molar-refractivity contribution in [2.45, 2.75) is 25.3 Å². The fourth-order valence-corrected chi connectivity index (χ4v) is 4.47. The molecule has 0 amide bonds. The molecule has 2 nitrogen and oxygen atoms in total. The van der Waals surface area contributed by atoms with Gasteiger partial charge in [-0.25, -0.2) is 4.98 Å². The predicted octanol–water partition coefficient (Wildman–Crippen LogP) is 3.89. The Hall–Kier alpha value is -0.230. The molecule has 5 heteroatoms. The van der Waals surface area contributed by atoms with Crippen LogP contribution in [0.1, 0.15) is 23.4 Å². The molecule has 2 aromatic rings. The summed E-state index contributed by atoms with van der Waals surface area (Å²) in [5.41, 5.74) is 7.27. The van der Waals surface area contributed by atoms with Gasteiger partial charge in [-0.3, -0.25) is 0 Å². The topological polar surface area (TPSA) is 38.9 Å². The SMILES string of the molecule is Cc1nc(-c2cc(Br)cs2)sc1C1(N)CC1. The molecule has 0 atom stereocenters. The lowest BCUT2D eigenvalue weighted by Gasteiger charge is -2.04. The molecule has 1 fully saturated rings. The Labute approximate surface area is 111 Å². The molecule has 2 aromatic heterocycles. The molecule has 1 aliphatic carbocycles. The van der Waals surface area contributed by atoms with E-state index in [-0.39, 0.29) is 5.54 Å². The Balaban J connectivity index is 2.04. The Morgan fingerprint density at radius 1 is 1.50 bits per heavy atom.